The van der Waals surface area contributed by atoms with Gasteiger partial charge in [0.15, 0.2) is 12.4 Å². The second-order valence-corrected chi connectivity index (χ2v) is 4.85. The van der Waals surface area contributed by atoms with Gasteiger partial charge in [0.25, 0.3) is 5.91 Å². The minimum absolute atomic E-state index is 0.157. The van der Waals surface area contributed by atoms with Gasteiger partial charge in [-0.25, -0.2) is 0 Å². The van der Waals surface area contributed by atoms with E-state index in [1.54, 1.807) is 6.20 Å². The molecule has 1 aliphatic rings. The van der Waals surface area contributed by atoms with Gasteiger partial charge in [-0.15, -0.1) is 0 Å². The average Bonchev–Trinajstić information content (AvgIpc) is 2.68. The summed E-state index contributed by atoms with van der Waals surface area (Å²) < 4.78 is 1.82. The van der Waals surface area contributed by atoms with Gasteiger partial charge in [-0.2, -0.15) is 4.57 Å². The summed E-state index contributed by atoms with van der Waals surface area (Å²) in [6.45, 7) is 2.08. The SMILES string of the molecule is O=C(C[n+]1cccc(/C=N/O)c1)N1CCCCCC1. The van der Waals surface area contributed by atoms with Crippen molar-refractivity contribution in [2.45, 2.75) is 32.2 Å². The minimum atomic E-state index is 0.157. The largest absolute Gasteiger partial charge is 0.411 e. The second kappa shape index (κ2) is 6.87. The van der Waals surface area contributed by atoms with Crippen LogP contribution in [0.15, 0.2) is 29.7 Å². The van der Waals surface area contributed by atoms with Crippen molar-refractivity contribution in [1.29, 1.82) is 0 Å². The highest BCUT2D eigenvalue weighted by Crippen LogP contribution is 2.09. The van der Waals surface area contributed by atoms with Crippen molar-refractivity contribution in [3.63, 3.8) is 0 Å². The van der Waals surface area contributed by atoms with E-state index in [0.717, 1.165) is 31.5 Å². The summed E-state index contributed by atoms with van der Waals surface area (Å²) in [4.78, 5) is 14.2. The maximum atomic E-state index is 12.2. The van der Waals surface area contributed by atoms with Crippen molar-refractivity contribution in [3.05, 3.63) is 30.1 Å². The molecule has 0 aromatic carbocycles. The molecule has 1 aliphatic heterocycles. The van der Waals surface area contributed by atoms with Crippen LogP contribution in [0.4, 0.5) is 0 Å². The van der Waals surface area contributed by atoms with Crippen molar-refractivity contribution in [2.75, 3.05) is 13.1 Å². The molecule has 0 bridgehead atoms. The Kier molecular flexibility index (Phi) is 4.89. The number of aromatic nitrogens is 1. The van der Waals surface area contributed by atoms with Crippen LogP contribution < -0.4 is 4.57 Å². The zero-order chi connectivity index (χ0) is 13.5. The van der Waals surface area contributed by atoms with Gasteiger partial charge in [-0.3, -0.25) is 4.79 Å². The van der Waals surface area contributed by atoms with Gasteiger partial charge in [0, 0.05) is 19.2 Å². The minimum Gasteiger partial charge on any atom is -0.411 e. The number of pyridine rings is 1. The molecule has 0 unspecified atom stereocenters. The van der Waals surface area contributed by atoms with E-state index < -0.39 is 0 Å². The molecule has 1 aromatic rings. The van der Waals surface area contributed by atoms with Gasteiger partial charge >= 0.3 is 0 Å². The van der Waals surface area contributed by atoms with Gasteiger partial charge in [-0.05, 0) is 18.9 Å². The molecule has 1 N–H and O–H groups in total. The van der Waals surface area contributed by atoms with Crippen LogP contribution in [0.25, 0.3) is 0 Å². The highest BCUT2D eigenvalue weighted by molar-refractivity contribution is 5.78. The topological polar surface area (TPSA) is 56.8 Å². The van der Waals surface area contributed by atoms with E-state index in [2.05, 4.69) is 5.16 Å². The third-order valence-corrected chi connectivity index (χ3v) is 3.36. The fourth-order valence-corrected chi connectivity index (χ4v) is 2.36. The Morgan fingerprint density at radius 3 is 2.79 bits per heavy atom. The number of rotatable bonds is 3. The summed E-state index contributed by atoms with van der Waals surface area (Å²) >= 11 is 0. The van der Waals surface area contributed by atoms with Crippen LogP contribution in [0.1, 0.15) is 31.2 Å². The fraction of sp³-hybridized carbons (Fsp3) is 0.500. The Balaban J connectivity index is 1.99. The van der Waals surface area contributed by atoms with E-state index in [1.807, 2.05) is 27.8 Å². The molecule has 0 saturated carbocycles. The molecule has 2 heterocycles. The number of nitrogens with zero attached hydrogens (tertiary/aromatic N) is 3. The number of carbonyl (C=O) groups is 1. The maximum absolute atomic E-state index is 12.2. The molecule has 1 amide bonds. The Hall–Kier alpha value is -1.91. The first-order valence-corrected chi connectivity index (χ1v) is 6.74. The van der Waals surface area contributed by atoms with Gasteiger partial charge in [0.05, 0.1) is 11.8 Å². The van der Waals surface area contributed by atoms with Crippen molar-refractivity contribution in [1.82, 2.24) is 4.90 Å². The molecule has 0 radical (unpaired) electrons. The van der Waals surface area contributed by atoms with E-state index in [1.165, 1.54) is 19.1 Å². The Morgan fingerprint density at radius 1 is 1.37 bits per heavy atom. The standard InChI is InChI=1S/C14H19N3O2/c18-14(17-8-3-1-2-4-9-17)12-16-7-5-6-13(11-16)10-15-19/h5-7,10-11H,1-4,8-9,12H2/p+1/b15-10+. The summed E-state index contributed by atoms with van der Waals surface area (Å²) in [6.07, 6.45) is 9.66. The van der Waals surface area contributed by atoms with Crippen molar-refractivity contribution in [2.24, 2.45) is 5.16 Å². The van der Waals surface area contributed by atoms with Crippen LogP contribution in [0.2, 0.25) is 0 Å². The highest BCUT2D eigenvalue weighted by Gasteiger charge is 2.19. The van der Waals surface area contributed by atoms with Gasteiger partial charge in [0.1, 0.15) is 0 Å². The van der Waals surface area contributed by atoms with E-state index in [9.17, 15) is 4.79 Å². The predicted molar refractivity (Wildman–Crippen MR) is 71.1 cm³/mol. The number of amides is 1. The summed E-state index contributed by atoms with van der Waals surface area (Å²) in [5, 5.41) is 11.5. The molecule has 1 aromatic heterocycles. The van der Waals surface area contributed by atoms with Crippen molar-refractivity contribution in [3.8, 4) is 0 Å². The normalized spacial score (nSPS) is 16.5. The molecule has 1 saturated heterocycles. The smallest absolute Gasteiger partial charge is 0.288 e. The lowest BCUT2D eigenvalue weighted by Gasteiger charge is -2.18. The molecule has 0 aliphatic carbocycles. The summed E-state index contributed by atoms with van der Waals surface area (Å²) in [6, 6.07) is 3.67. The zero-order valence-electron chi connectivity index (χ0n) is 11.0. The van der Waals surface area contributed by atoms with Crippen LogP contribution >= 0.6 is 0 Å². The first-order chi connectivity index (χ1) is 9.29. The summed E-state index contributed by atoms with van der Waals surface area (Å²) in [5.74, 6) is 0.157. The van der Waals surface area contributed by atoms with E-state index in [4.69, 9.17) is 5.21 Å². The van der Waals surface area contributed by atoms with Gasteiger partial charge in [0.2, 0.25) is 6.54 Å². The molecule has 1 fully saturated rings. The molecule has 5 nitrogen and oxygen atoms in total. The quantitative estimate of drug-likeness (QED) is 0.385. The molecule has 0 atom stereocenters. The number of hydrogen-bond donors (Lipinski definition) is 1. The van der Waals surface area contributed by atoms with Gasteiger partial charge in [-0.1, -0.05) is 18.0 Å². The molecule has 5 heteroatoms. The van der Waals surface area contributed by atoms with Crippen LogP contribution in [-0.2, 0) is 11.3 Å². The van der Waals surface area contributed by atoms with Crippen LogP contribution in [0, 0.1) is 0 Å². The summed E-state index contributed by atoms with van der Waals surface area (Å²) in [5.41, 5.74) is 0.772. The summed E-state index contributed by atoms with van der Waals surface area (Å²) in [7, 11) is 0. The van der Waals surface area contributed by atoms with Crippen LogP contribution in [0.5, 0.6) is 0 Å². The van der Waals surface area contributed by atoms with E-state index >= 15 is 0 Å². The van der Waals surface area contributed by atoms with Crippen molar-refractivity contribution < 1.29 is 14.6 Å². The average molecular weight is 262 g/mol. The number of carbonyl (C=O) groups excluding carboxylic acids is 1. The van der Waals surface area contributed by atoms with Crippen LogP contribution in [0.3, 0.4) is 0 Å². The fourth-order valence-electron chi connectivity index (χ4n) is 2.36. The Labute approximate surface area is 113 Å². The molecule has 0 spiro atoms. The lowest BCUT2D eigenvalue weighted by molar-refractivity contribution is -0.685. The first-order valence-electron chi connectivity index (χ1n) is 6.74. The number of hydrogen-bond acceptors (Lipinski definition) is 3. The van der Waals surface area contributed by atoms with E-state index in [-0.39, 0.29) is 5.91 Å². The Bertz CT molecular complexity index is 452. The third-order valence-electron chi connectivity index (χ3n) is 3.36. The maximum Gasteiger partial charge on any atom is 0.288 e. The highest BCUT2D eigenvalue weighted by atomic mass is 16.4. The van der Waals surface area contributed by atoms with Gasteiger partial charge < -0.3 is 10.1 Å². The van der Waals surface area contributed by atoms with E-state index in [0.29, 0.717) is 6.54 Å². The zero-order valence-corrected chi connectivity index (χ0v) is 11.0. The number of oxime groups is 1. The second-order valence-electron chi connectivity index (χ2n) is 4.85. The molecule has 19 heavy (non-hydrogen) atoms. The lowest BCUT2D eigenvalue weighted by Crippen LogP contribution is -2.45. The van der Waals surface area contributed by atoms with Crippen molar-refractivity contribution >= 4 is 12.1 Å². The Morgan fingerprint density at radius 2 is 2.11 bits per heavy atom. The predicted octanol–water partition coefficient (Wildman–Crippen LogP) is 1.18. The lowest BCUT2D eigenvalue weighted by atomic mass is 10.2. The first kappa shape index (κ1) is 13.5. The molecule has 102 valence electrons. The third kappa shape index (κ3) is 4.05. The molecular weight excluding hydrogens is 242 g/mol. The molecular formula is C14H20N3O2+. The number of likely N-dealkylation sites (tertiary alicyclic amines) is 1. The molecule has 2 rings (SSSR count). The van der Waals surface area contributed by atoms with Crippen LogP contribution in [-0.4, -0.2) is 35.3 Å². The monoisotopic (exact) mass is 262 g/mol.